The number of fused-ring (bicyclic) bond motifs is 3. The first-order valence-electron chi connectivity index (χ1n) is 11.2. The van der Waals surface area contributed by atoms with E-state index in [0.717, 1.165) is 53.3 Å². The summed E-state index contributed by atoms with van der Waals surface area (Å²) in [5.41, 5.74) is 2.15. The van der Waals surface area contributed by atoms with Crippen LogP contribution in [0, 0.1) is 0 Å². The Kier molecular flexibility index (Phi) is 6.72. The zero-order valence-corrected chi connectivity index (χ0v) is 20.2. The number of imidazole rings is 1. The van der Waals surface area contributed by atoms with Gasteiger partial charge in [0.25, 0.3) is 0 Å². The molecule has 0 amide bonds. The zero-order chi connectivity index (χ0) is 20.7. The number of halogens is 2. The van der Waals surface area contributed by atoms with Crippen molar-refractivity contribution in [1.82, 2.24) is 19.1 Å². The van der Waals surface area contributed by atoms with Gasteiger partial charge in [0.1, 0.15) is 17.3 Å². The molecule has 1 aliphatic carbocycles. The second-order valence-electron chi connectivity index (χ2n) is 8.65. The van der Waals surface area contributed by atoms with Crippen molar-refractivity contribution < 1.29 is 0 Å². The zero-order valence-electron chi connectivity index (χ0n) is 17.8. The maximum Gasteiger partial charge on any atom is 0.331 e. The number of hydrogen-bond acceptors (Lipinski definition) is 4. The lowest BCUT2D eigenvalue weighted by atomic mass is 9.89. The Morgan fingerprint density at radius 1 is 1.13 bits per heavy atom. The van der Waals surface area contributed by atoms with Gasteiger partial charge in [-0.1, -0.05) is 54.2 Å². The van der Waals surface area contributed by atoms with Crippen LogP contribution in [0.4, 0.5) is 5.82 Å². The fourth-order valence-electron chi connectivity index (χ4n) is 4.92. The molecule has 6 nitrogen and oxygen atoms in total. The van der Waals surface area contributed by atoms with Crippen molar-refractivity contribution in [3.8, 4) is 11.5 Å². The Morgan fingerprint density at radius 2 is 1.87 bits per heavy atom. The largest absolute Gasteiger partial charge is 0.365 e. The summed E-state index contributed by atoms with van der Waals surface area (Å²) >= 11 is 3.50. The summed E-state index contributed by atoms with van der Waals surface area (Å²) in [6.07, 6.45) is 7.88. The molecule has 0 bridgehead atoms. The Hall–Kier alpha value is -1.86. The third-order valence-corrected chi connectivity index (χ3v) is 6.96. The summed E-state index contributed by atoms with van der Waals surface area (Å²) in [6, 6.07) is 8.57. The van der Waals surface area contributed by atoms with E-state index in [1.165, 1.54) is 24.8 Å². The van der Waals surface area contributed by atoms with Crippen molar-refractivity contribution in [2.75, 3.05) is 5.32 Å². The molecule has 1 saturated carbocycles. The van der Waals surface area contributed by atoms with E-state index in [0.29, 0.717) is 19.0 Å². The van der Waals surface area contributed by atoms with Crippen LogP contribution in [-0.2, 0) is 19.5 Å². The van der Waals surface area contributed by atoms with Crippen LogP contribution in [0.1, 0.15) is 62.8 Å². The van der Waals surface area contributed by atoms with Gasteiger partial charge in [-0.15, -0.1) is 12.4 Å². The number of nitrogens with one attached hydrogen (secondary N) is 1. The molecule has 1 aromatic rings. The smallest absolute Gasteiger partial charge is 0.331 e. The van der Waals surface area contributed by atoms with Gasteiger partial charge in [-0.25, -0.2) is 14.8 Å². The topological polar surface area (TPSA) is 64.7 Å². The quantitative estimate of drug-likeness (QED) is 0.515. The molecule has 1 aromatic carbocycles. The summed E-state index contributed by atoms with van der Waals surface area (Å²) in [6.45, 7) is 3.44. The molecule has 1 fully saturated rings. The molecule has 31 heavy (non-hydrogen) atoms. The maximum absolute atomic E-state index is 13.3. The van der Waals surface area contributed by atoms with Gasteiger partial charge in [0, 0.05) is 29.5 Å². The van der Waals surface area contributed by atoms with Crippen molar-refractivity contribution in [3.05, 3.63) is 50.6 Å². The van der Waals surface area contributed by atoms with Crippen LogP contribution in [0.2, 0.25) is 0 Å². The van der Waals surface area contributed by atoms with Gasteiger partial charge in [0.2, 0.25) is 0 Å². The van der Waals surface area contributed by atoms with Crippen molar-refractivity contribution in [2.24, 2.45) is 0 Å². The molecule has 0 radical (unpaired) electrons. The van der Waals surface area contributed by atoms with Crippen LogP contribution in [0.25, 0.3) is 11.5 Å². The molecule has 1 unspecified atom stereocenters. The van der Waals surface area contributed by atoms with Gasteiger partial charge < -0.3 is 5.32 Å². The number of hydrogen-bond donors (Lipinski definition) is 1. The van der Waals surface area contributed by atoms with Crippen LogP contribution in [-0.4, -0.2) is 25.1 Å². The van der Waals surface area contributed by atoms with Crippen LogP contribution in [0.5, 0.6) is 0 Å². The molecule has 8 heteroatoms. The minimum absolute atomic E-state index is 0. The SMILES string of the molecule is CCCn1c2nc(C3CCCCC3)nc-2c2n(c1=O)CC(Cc1ccc(Br)cc1)N2.Cl. The fourth-order valence-corrected chi connectivity index (χ4v) is 5.19. The molecule has 166 valence electrons. The molecular weight excluding hydrogens is 478 g/mol. The predicted octanol–water partition coefficient (Wildman–Crippen LogP) is 5.22. The van der Waals surface area contributed by atoms with Crippen LogP contribution in [0.15, 0.2) is 33.5 Å². The summed E-state index contributed by atoms with van der Waals surface area (Å²) < 4.78 is 4.79. The Morgan fingerprint density at radius 3 is 2.58 bits per heavy atom. The molecule has 0 spiro atoms. The second kappa shape index (κ2) is 9.33. The van der Waals surface area contributed by atoms with Gasteiger partial charge >= 0.3 is 5.69 Å². The molecular formula is C23H29BrClN5O. The van der Waals surface area contributed by atoms with E-state index in [2.05, 4.69) is 52.4 Å². The first-order valence-corrected chi connectivity index (χ1v) is 11.9. The number of anilines is 1. The monoisotopic (exact) mass is 505 g/mol. The molecule has 3 aliphatic heterocycles. The van der Waals surface area contributed by atoms with Crippen molar-refractivity contribution >= 4 is 34.2 Å². The molecule has 1 atom stereocenters. The fraction of sp³-hybridized carbons (Fsp3) is 0.522. The number of aromatic nitrogens is 4. The van der Waals surface area contributed by atoms with Crippen LogP contribution >= 0.6 is 28.3 Å². The lowest BCUT2D eigenvalue weighted by Crippen LogP contribution is -2.32. The van der Waals surface area contributed by atoms with E-state index >= 15 is 0 Å². The van der Waals surface area contributed by atoms with E-state index in [1.54, 1.807) is 0 Å². The summed E-state index contributed by atoms with van der Waals surface area (Å²) in [5.74, 6) is 2.96. The molecule has 5 rings (SSSR count). The van der Waals surface area contributed by atoms with Gasteiger partial charge in [-0.05, 0) is 43.4 Å². The van der Waals surface area contributed by atoms with E-state index in [9.17, 15) is 4.79 Å². The highest BCUT2D eigenvalue weighted by Gasteiger charge is 2.33. The lowest BCUT2D eigenvalue weighted by molar-refractivity contribution is 0.431. The Bertz CT molecular complexity index is 1070. The third kappa shape index (κ3) is 4.27. The second-order valence-corrected chi connectivity index (χ2v) is 9.57. The van der Waals surface area contributed by atoms with Gasteiger partial charge in [0.05, 0.1) is 0 Å². The highest BCUT2D eigenvalue weighted by Crippen LogP contribution is 2.36. The summed E-state index contributed by atoms with van der Waals surface area (Å²) in [4.78, 5) is 23.2. The number of rotatable bonds is 5. The van der Waals surface area contributed by atoms with Crippen LogP contribution < -0.4 is 11.0 Å². The third-order valence-electron chi connectivity index (χ3n) is 6.43. The van der Waals surface area contributed by atoms with Crippen LogP contribution in [0.3, 0.4) is 0 Å². The first-order chi connectivity index (χ1) is 14.6. The minimum Gasteiger partial charge on any atom is -0.365 e. The van der Waals surface area contributed by atoms with Crippen molar-refractivity contribution in [1.29, 1.82) is 0 Å². The summed E-state index contributed by atoms with van der Waals surface area (Å²) in [7, 11) is 0. The molecule has 0 saturated heterocycles. The van der Waals surface area contributed by atoms with E-state index < -0.39 is 0 Å². The van der Waals surface area contributed by atoms with E-state index in [1.807, 2.05) is 9.13 Å². The Balaban J connectivity index is 0.00000231. The minimum atomic E-state index is 0. The lowest BCUT2D eigenvalue weighted by Gasteiger charge is -2.18. The Labute approximate surface area is 197 Å². The van der Waals surface area contributed by atoms with Crippen molar-refractivity contribution in [2.45, 2.75) is 76.9 Å². The average molecular weight is 507 g/mol. The highest BCUT2D eigenvalue weighted by atomic mass is 79.9. The number of nitrogens with zero attached hydrogens (tertiary/aromatic N) is 4. The number of benzene rings is 1. The molecule has 1 N–H and O–H groups in total. The van der Waals surface area contributed by atoms with E-state index in [-0.39, 0.29) is 24.1 Å². The maximum atomic E-state index is 13.3. The highest BCUT2D eigenvalue weighted by molar-refractivity contribution is 9.10. The normalized spacial score (nSPS) is 18.6. The van der Waals surface area contributed by atoms with Gasteiger partial charge in [0.15, 0.2) is 5.82 Å². The standard InChI is InChI=1S/C23H28BrN5O.ClH/c1-2-12-28-22-19(26-20(27-22)16-6-4-3-5-7-16)21-25-18(14-29(21)23(28)30)13-15-8-10-17(24)11-9-15;/h8-11,16,18,25H,2-7,12-14H2,1H3;1H. The average Bonchev–Trinajstić information content (AvgIpc) is 3.38. The van der Waals surface area contributed by atoms with E-state index in [4.69, 9.17) is 9.97 Å². The van der Waals surface area contributed by atoms with Gasteiger partial charge in [-0.3, -0.25) is 9.13 Å². The molecule has 3 heterocycles. The first kappa shape index (κ1) is 22.3. The molecule has 0 aromatic heterocycles. The summed E-state index contributed by atoms with van der Waals surface area (Å²) in [5, 5.41) is 3.60. The van der Waals surface area contributed by atoms with Gasteiger partial charge in [-0.2, -0.15) is 0 Å². The van der Waals surface area contributed by atoms with Crippen molar-refractivity contribution in [3.63, 3.8) is 0 Å². The molecule has 4 aliphatic rings. The predicted molar refractivity (Wildman–Crippen MR) is 130 cm³/mol.